The zero-order chi connectivity index (χ0) is 13.8. The number of hydrogen-bond acceptors (Lipinski definition) is 3. The Morgan fingerprint density at radius 2 is 2.42 bits per heavy atom. The number of hydrogen-bond donors (Lipinski definition) is 1. The van der Waals surface area contributed by atoms with Crippen molar-refractivity contribution in [3.05, 3.63) is 18.2 Å². The van der Waals surface area contributed by atoms with Gasteiger partial charge in [-0.3, -0.25) is 4.79 Å². The summed E-state index contributed by atoms with van der Waals surface area (Å²) in [6, 6.07) is -0.341. The Labute approximate surface area is 114 Å². The Balaban J connectivity index is 1.94. The second kappa shape index (κ2) is 6.19. The molecule has 0 radical (unpaired) electrons. The first kappa shape index (κ1) is 14.1. The minimum absolute atomic E-state index is 0.104. The second-order valence-corrected chi connectivity index (χ2v) is 5.47. The van der Waals surface area contributed by atoms with Gasteiger partial charge in [0, 0.05) is 39.0 Å². The van der Waals surface area contributed by atoms with Crippen molar-refractivity contribution in [3.8, 4) is 0 Å². The number of nitrogens with two attached hydrogens (primary N) is 1. The monoisotopic (exact) mass is 264 g/mol. The number of piperidine rings is 1. The predicted molar refractivity (Wildman–Crippen MR) is 74.5 cm³/mol. The summed E-state index contributed by atoms with van der Waals surface area (Å²) in [5, 5.41) is 0. The SMILES string of the molecule is CCC(N)C(=O)N1CCCC(Cc2nccn2C)C1. The topological polar surface area (TPSA) is 64.2 Å². The molecule has 1 aromatic rings. The number of likely N-dealkylation sites (tertiary alicyclic amines) is 1. The molecule has 5 heteroatoms. The maximum Gasteiger partial charge on any atom is 0.239 e. The van der Waals surface area contributed by atoms with E-state index >= 15 is 0 Å². The van der Waals surface area contributed by atoms with Crippen LogP contribution in [0.1, 0.15) is 32.0 Å². The molecule has 2 rings (SSSR count). The molecule has 1 saturated heterocycles. The smallest absolute Gasteiger partial charge is 0.239 e. The first-order valence-corrected chi connectivity index (χ1v) is 7.12. The van der Waals surface area contributed by atoms with E-state index in [1.807, 2.05) is 31.3 Å². The molecule has 1 aliphatic heterocycles. The minimum atomic E-state index is -0.341. The number of nitrogens with zero attached hydrogens (tertiary/aromatic N) is 3. The van der Waals surface area contributed by atoms with Crippen LogP contribution in [0.25, 0.3) is 0 Å². The quantitative estimate of drug-likeness (QED) is 0.880. The highest BCUT2D eigenvalue weighted by atomic mass is 16.2. The maximum absolute atomic E-state index is 12.1. The highest BCUT2D eigenvalue weighted by Crippen LogP contribution is 2.20. The van der Waals surface area contributed by atoms with Gasteiger partial charge in [-0.1, -0.05) is 6.92 Å². The highest BCUT2D eigenvalue weighted by Gasteiger charge is 2.26. The molecule has 0 spiro atoms. The third-order valence-corrected chi connectivity index (χ3v) is 3.98. The van der Waals surface area contributed by atoms with E-state index in [0.29, 0.717) is 12.3 Å². The van der Waals surface area contributed by atoms with Crippen molar-refractivity contribution in [2.24, 2.45) is 18.7 Å². The van der Waals surface area contributed by atoms with Crippen LogP contribution in [0, 0.1) is 5.92 Å². The second-order valence-electron chi connectivity index (χ2n) is 5.47. The van der Waals surface area contributed by atoms with Crippen LogP contribution >= 0.6 is 0 Å². The molecule has 1 aromatic heterocycles. The summed E-state index contributed by atoms with van der Waals surface area (Å²) >= 11 is 0. The summed E-state index contributed by atoms with van der Waals surface area (Å²) in [6.45, 7) is 3.63. The van der Waals surface area contributed by atoms with Gasteiger partial charge in [-0.25, -0.2) is 4.98 Å². The maximum atomic E-state index is 12.1. The fraction of sp³-hybridized carbons (Fsp3) is 0.714. The van der Waals surface area contributed by atoms with Crippen molar-refractivity contribution in [2.45, 2.75) is 38.6 Å². The van der Waals surface area contributed by atoms with E-state index in [-0.39, 0.29) is 11.9 Å². The first-order valence-electron chi connectivity index (χ1n) is 7.12. The molecule has 1 amide bonds. The van der Waals surface area contributed by atoms with Gasteiger partial charge in [0.25, 0.3) is 0 Å². The summed E-state index contributed by atoms with van der Waals surface area (Å²) in [5.74, 6) is 1.70. The van der Waals surface area contributed by atoms with Crippen LogP contribution in [-0.4, -0.2) is 39.5 Å². The fourth-order valence-electron chi connectivity index (χ4n) is 2.69. The van der Waals surface area contributed by atoms with Crippen LogP contribution in [0.5, 0.6) is 0 Å². The van der Waals surface area contributed by atoms with Crippen molar-refractivity contribution in [3.63, 3.8) is 0 Å². The first-order chi connectivity index (χ1) is 9.11. The zero-order valence-corrected chi connectivity index (χ0v) is 11.9. The third kappa shape index (κ3) is 3.35. The van der Waals surface area contributed by atoms with E-state index in [2.05, 4.69) is 9.55 Å². The van der Waals surface area contributed by atoms with Crippen molar-refractivity contribution in [1.82, 2.24) is 14.5 Å². The van der Waals surface area contributed by atoms with Gasteiger partial charge >= 0.3 is 0 Å². The van der Waals surface area contributed by atoms with E-state index in [4.69, 9.17) is 5.73 Å². The molecule has 0 aliphatic carbocycles. The zero-order valence-electron chi connectivity index (χ0n) is 11.9. The number of carbonyl (C=O) groups is 1. The summed E-state index contributed by atoms with van der Waals surface area (Å²) in [6.07, 6.45) is 7.67. The predicted octanol–water partition coefficient (Wildman–Crippen LogP) is 0.938. The normalized spacial score (nSPS) is 21.4. The number of aryl methyl sites for hydroxylation is 1. The molecule has 1 fully saturated rings. The van der Waals surface area contributed by atoms with Gasteiger partial charge in [0.2, 0.25) is 5.91 Å². The van der Waals surface area contributed by atoms with Crippen LogP contribution in [-0.2, 0) is 18.3 Å². The Hall–Kier alpha value is -1.36. The Bertz CT molecular complexity index is 429. The minimum Gasteiger partial charge on any atom is -0.341 e. The molecule has 106 valence electrons. The third-order valence-electron chi connectivity index (χ3n) is 3.98. The van der Waals surface area contributed by atoms with E-state index in [9.17, 15) is 4.79 Å². The summed E-state index contributed by atoms with van der Waals surface area (Å²) < 4.78 is 2.05. The molecule has 0 bridgehead atoms. The lowest BCUT2D eigenvalue weighted by atomic mass is 9.94. The fourth-order valence-corrected chi connectivity index (χ4v) is 2.69. The molecule has 0 saturated carbocycles. The van der Waals surface area contributed by atoms with Crippen molar-refractivity contribution in [2.75, 3.05) is 13.1 Å². The number of amides is 1. The van der Waals surface area contributed by atoms with Gasteiger partial charge in [-0.15, -0.1) is 0 Å². The van der Waals surface area contributed by atoms with E-state index in [1.165, 1.54) is 0 Å². The van der Waals surface area contributed by atoms with Gasteiger partial charge in [-0.05, 0) is 25.2 Å². The number of aromatic nitrogens is 2. The van der Waals surface area contributed by atoms with Crippen LogP contribution in [0.3, 0.4) is 0 Å². The van der Waals surface area contributed by atoms with Gasteiger partial charge < -0.3 is 15.2 Å². The molecule has 19 heavy (non-hydrogen) atoms. The van der Waals surface area contributed by atoms with Crippen molar-refractivity contribution < 1.29 is 4.79 Å². The van der Waals surface area contributed by atoms with Crippen LogP contribution in [0.4, 0.5) is 0 Å². The lowest BCUT2D eigenvalue weighted by Gasteiger charge is -2.34. The average Bonchev–Trinajstić information content (AvgIpc) is 2.83. The van der Waals surface area contributed by atoms with Crippen molar-refractivity contribution >= 4 is 5.91 Å². The lowest BCUT2D eigenvalue weighted by Crippen LogP contribution is -2.48. The van der Waals surface area contributed by atoms with Gasteiger partial charge in [0.15, 0.2) is 0 Å². The van der Waals surface area contributed by atoms with E-state index in [1.54, 1.807) is 0 Å². The molecule has 1 aliphatic rings. The number of imidazole rings is 1. The van der Waals surface area contributed by atoms with Crippen LogP contribution in [0.2, 0.25) is 0 Å². The lowest BCUT2D eigenvalue weighted by molar-refractivity contribution is -0.134. The molecule has 2 heterocycles. The van der Waals surface area contributed by atoms with E-state index < -0.39 is 0 Å². The Morgan fingerprint density at radius 1 is 1.63 bits per heavy atom. The van der Waals surface area contributed by atoms with Crippen LogP contribution in [0.15, 0.2) is 12.4 Å². The number of carbonyl (C=O) groups excluding carboxylic acids is 1. The van der Waals surface area contributed by atoms with Gasteiger partial charge in [0.05, 0.1) is 6.04 Å². The van der Waals surface area contributed by atoms with Crippen LogP contribution < -0.4 is 5.73 Å². The molecule has 2 atom stereocenters. The molecular formula is C14H24N4O. The van der Waals surface area contributed by atoms with Gasteiger partial charge in [-0.2, -0.15) is 0 Å². The summed E-state index contributed by atoms with van der Waals surface area (Å²) in [7, 11) is 2.01. The molecule has 0 aromatic carbocycles. The summed E-state index contributed by atoms with van der Waals surface area (Å²) in [4.78, 5) is 18.4. The largest absolute Gasteiger partial charge is 0.341 e. The standard InChI is InChI=1S/C14H24N4O/c1-3-12(15)14(19)18-7-4-5-11(10-18)9-13-16-6-8-17(13)2/h6,8,11-12H,3-5,7,9-10,15H2,1-2H3. The average molecular weight is 264 g/mol. The molecule has 2 unspecified atom stereocenters. The molecule has 5 nitrogen and oxygen atoms in total. The van der Waals surface area contributed by atoms with Gasteiger partial charge in [0.1, 0.15) is 5.82 Å². The van der Waals surface area contributed by atoms with Crippen molar-refractivity contribution in [1.29, 1.82) is 0 Å². The molecule has 2 N–H and O–H groups in total. The highest BCUT2D eigenvalue weighted by molar-refractivity contribution is 5.81. The Kier molecular flexibility index (Phi) is 4.58. The number of rotatable bonds is 4. The van der Waals surface area contributed by atoms with E-state index in [0.717, 1.165) is 38.2 Å². The Morgan fingerprint density at radius 3 is 3.05 bits per heavy atom. The summed E-state index contributed by atoms with van der Waals surface area (Å²) in [5.41, 5.74) is 5.85. The molecular weight excluding hydrogens is 240 g/mol.